The second kappa shape index (κ2) is 3.46. The minimum Gasteiger partial charge on any atom is -0.370 e. The summed E-state index contributed by atoms with van der Waals surface area (Å²) >= 11 is 0. The minimum absolute atomic E-state index is 0.561. The molecule has 2 heteroatoms. The Morgan fingerprint density at radius 2 is 1.44 bits per heavy atom. The van der Waals surface area contributed by atoms with Crippen LogP contribution in [0, 0.1) is 17.8 Å². The Morgan fingerprint density at radius 3 is 2.19 bits per heavy atom. The summed E-state index contributed by atoms with van der Waals surface area (Å²) in [4.78, 5) is 0. The van der Waals surface area contributed by atoms with E-state index in [1.165, 1.54) is 38.5 Å². The van der Waals surface area contributed by atoms with E-state index in [1.54, 1.807) is 0 Å². The third-order valence-electron chi connectivity index (χ3n) is 5.45. The molecule has 2 aliphatic heterocycles. The van der Waals surface area contributed by atoms with Crippen LogP contribution >= 0.6 is 0 Å². The quantitative estimate of drug-likeness (QED) is 0.671. The molecule has 4 rings (SSSR count). The van der Waals surface area contributed by atoms with Crippen molar-refractivity contribution in [2.45, 2.75) is 69.9 Å². The van der Waals surface area contributed by atoms with E-state index in [1.807, 2.05) is 0 Å². The second-order valence-electron chi connectivity index (χ2n) is 6.43. The number of epoxide rings is 2. The van der Waals surface area contributed by atoms with E-state index in [2.05, 4.69) is 6.92 Å². The summed E-state index contributed by atoms with van der Waals surface area (Å²) in [5, 5.41) is 0. The summed E-state index contributed by atoms with van der Waals surface area (Å²) < 4.78 is 11.3. The Bertz CT molecular complexity index is 290. The van der Waals surface area contributed by atoms with Crippen LogP contribution in [-0.4, -0.2) is 24.4 Å². The SMILES string of the molecule is CC1OC1C1CCC(C2CCC3OC3C2)C1. The molecule has 7 atom stereocenters. The van der Waals surface area contributed by atoms with Crippen molar-refractivity contribution in [3.05, 3.63) is 0 Å². The summed E-state index contributed by atoms with van der Waals surface area (Å²) in [6.45, 7) is 2.22. The van der Waals surface area contributed by atoms with Crippen molar-refractivity contribution in [3.8, 4) is 0 Å². The summed E-state index contributed by atoms with van der Waals surface area (Å²) in [6.07, 6.45) is 11.0. The lowest BCUT2D eigenvalue weighted by Gasteiger charge is -2.25. The predicted octanol–water partition coefficient (Wildman–Crippen LogP) is 2.76. The number of ether oxygens (including phenoxy) is 2. The van der Waals surface area contributed by atoms with Gasteiger partial charge in [0, 0.05) is 0 Å². The van der Waals surface area contributed by atoms with Crippen molar-refractivity contribution in [1.29, 1.82) is 0 Å². The first kappa shape index (κ1) is 9.90. The first-order valence-corrected chi connectivity index (χ1v) is 7.12. The molecular formula is C14H22O2. The van der Waals surface area contributed by atoms with Gasteiger partial charge in [-0.3, -0.25) is 0 Å². The van der Waals surface area contributed by atoms with Gasteiger partial charge >= 0.3 is 0 Å². The standard InChI is InChI=1S/C14H22O2/c1-8-14(15-8)11-3-2-9(6-11)10-4-5-12-13(7-10)16-12/h8-14H,2-7H2,1H3. The van der Waals surface area contributed by atoms with Gasteiger partial charge in [0.25, 0.3) is 0 Å². The predicted molar refractivity (Wildman–Crippen MR) is 61.2 cm³/mol. The van der Waals surface area contributed by atoms with Gasteiger partial charge < -0.3 is 9.47 Å². The molecule has 0 aromatic rings. The van der Waals surface area contributed by atoms with Gasteiger partial charge in [-0.15, -0.1) is 0 Å². The first-order valence-electron chi connectivity index (χ1n) is 7.12. The molecular weight excluding hydrogens is 200 g/mol. The van der Waals surface area contributed by atoms with Crippen LogP contribution < -0.4 is 0 Å². The minimum atomic E-state index is 0.561. The average Bonchev–Trinajstić information content (AvgIpc) is 3.17. The van der Waals surface area contributed by atoms with Gasteiger partial charge in [-0.2, -0.15) is 0 Å². The molecule has 2 heterocycles. The highest BCUT2D eigenvalue weighted by Gasteiger charge is 2.49. The largest absolute Gasteiger partial charge is 0.370 e. The normalized spacial score (nSPS) is 59.4. The zero-order valence-corrected chi connectivity index (χ0v) is 10.1. The molecule has 2 saturated carbocycles. The fourth-order valence-corrected chi connectivity index (χ4v) is 4.34. The van der Waals surface area contributed by atoms with Gasteiger partial charge in [-0.05, 0) is 63.2 Å². The molecule has 4 aliphatic rings. The molecule has 0 aromatic heterocycles. The Hall–Kier alpha value is -0.0800. The molecule has 7 unspecified atom stereocenters. The molecule has 16 heavy (non-hydrogen) atoms. The lowest BCUT2D eigenvalue weighted by atomic mass is 9.79. The van der Waals surface area contributed by atoms with E-state index in [-0.39, 0.29) is 0 Å². The molecule has 0 amide bonds. The smallest absolute Gasteiger partial charge is 0.0867 e. The zero-order chi connectivity index (χ0) is 10.7. The monoisotopic (exact) mass is 222 g/mol. The lowest BCUT2D eigenvalue weighted by molar-refractivity contribution is 0.251. The van der Waals surface area contributed by atoms with Crippen LogP contribution in [0.15, 0.2) is 0 Å². The van der Waals surface area contributed by atoms with Crippen LogP contribution in [0.5, 0.6) is 0 Å². The Morgan fingerprint density at radius 1 is 0.750 bits per heavy atom. The first-order chi connectivity index (χ1) is 7.81. The zero-order valence-electron chi connectivity index (χ0n) is 10.1. The van der Waals surface area contributed by atoms with Crippen LogP contribution in [0.4, 0.5) is 0 Å². The Labute approximate surface area is 97.7 Å². The Kier molecular flexibility index (Phi) is 2.14. The van der Waals surface area contributed by atoms with Gasteiger partial charge in [0.2, 0.25) is 0 Å². The summed E-state index contributed by atoms with van der Waals surface area (Å²) in [7, 11) is 0. The van der Waals surface area contributed by atoms with E-state index in [4.69, 9.17) is 9.47 Å². The number of hydrogen-bond acceptors (Lipinski definition) is 2. The highest BCUT2D eigenvalue weighted by Crippen LogP contribution is 2.50. The Balaban J connectivity index is 1.35. The van der Waals surface area contributed by atoms with E-state index >= 15 is 0 Å². The highest BCUT2D eigenvalue weighted by atomic mass is 16.6. The van der Waals surface area contributed by atoms with Crippen LogP contribution in [0.3, 0.4) is 0 Å². The molecule has 4 fully saturated rings. The number of fused-ring (bicyclic) bond motifs is 1. The third kappa shape index (κ3) is 1.62. The third-order valence-corrected chi connectivity index (χ3v) is 5.45. The molecule has 90 valence electrons. The number of rotatable bonds is 2. The van der Waals surface area contributed by atoms with Crippen LogP contribution in [-0.2, 0) is 9.47 Å². The van der Waals surface area contributed by atoms with Gasteiger partial charge in [-0.25, -0.2) is 0 Å². The second-order valence-corrected chi connectivity index (χ2v) is 6.43. The van der Waals surface area contributed by atoms with E-state index in [0.29, 0.717) is 24.4 Å². The molecule has 0 spiro atoms. The molecule has 0 radical (unpaired) electrons. The van der Waals surface area contributed by atoms with Crippen molar-refractivity contribution in [1.82, 2.24) is 0 Å². The molecule has 2 aliphatic carbocycles. The van der Waals surface area contributed by atoms with E-state index in [9.17, 15) is 0 Å². The van der Waals surface area contributed by atoms with Crippen molar-refractivity contribution in [2.75, 3.05) is 0 Å². The van der Waals surface area contributed by atoms with Gasteiger partial charge in [-0.1, -0.05) is 0 Å². The van der Waals surface area contributed by atoms with Crippen molar-refractivity contribution < 1.29 is 9.47 Å². The maximum Gasteiger partial charge on any atom is 0.0867 e. The fourth-order valence-electron chi connectivity index (χ4n) is 4.34. The van der Waals surface area contributed by atoms with Crippen molar-refractivity contribution >= 4 is 0 Å². The maximum atomic E-state index is 5.65. The molecule has 2 nitrogen and oxygen atoms in total. The van der Waals surface area contributed by atoms with Crippen molar-refractivity contribution in [3.63, 3.8) is 0 Å². The molecule has 0 bridgehead atoms. The summed E-state index contributed by atoms with van der Waals surface area (Å²) in [6, 6.07) is 0. The van der Waals surface area contributed by atoms with E-state index in [0.717, 1.165) is 17.8 Å². The van der Waals surface area contributed by atoms with Crippen LogP contribution in [0.25, 0.3) is 0 Å². The lowest BCUT2D eigenvalue weighted by Crippen LogP contribution is -2.20. The van der Waals surface area contributed by atoms with Gasteiger partial charge in [0.05, 0.1) is 24.4 Å². The van der Waals surface area contributed by atoms with Gasteiger partial charge in [0.15, 0.2) is 0 Å². The fraction of sp³-hybridized carbons (Fsp3) is 1.00. The number of hydrogen-bond donors (Lipinski definition) is 0. The van der Waals surface area contributed by atoms with E-state index < -0.39 is 0 Å². The molecule has 0 aromatic carbocycles. The van der Waals surface area contributed by atoms with Crippen molar-refractivity contribution in [2.24, 2.45) is 17.8 Å². The summed E-state index contributed by atoms with van der Waals surface area (Å²) in [5.74, 6) is 2.85. The van der Waals surface area contributed by atoms with Gasteiger partial charge in [0.1, 0.15) is 0 Å². The maximum absolute atomic E-state index is 5.65. The topological polar surface area (TPSA) is 25.1 Å². The summed E-state index contributed by atoms with van der Waals surface area (Å²) in [5.41, 5.74) is 0. The highest BCUT2D eigenvalue weighted by molar-refractivity contribution is 4.98. The average molecular weight is 222 g/mol. The molecule has 0 N–H and O–H groups in total. The molecule has 2 saturated heterocycles. The van der Waals surface area contributed by atoms with Crippen LogP contribution in [0.2, 0.25) is 0 Å². The van der Waals surface area contributed by atoms with Crippen LogP contribution in [0.1, 0.15) is 45.4 Å².